The molecule has 1 amide bonds. The fourth-order valence-corrected chi connectivity index (χ4v) is 3.33. The second kappa shape index (κ2) is 8.91. The molecule has 1 heterocycles. The van der Waals surface area contributed by atoms with Crippen molar-refractivity contribution in [1.29, 1.82) is 0 Å². The standard InChI is InChI=1S/C22H28N2O3/c1-4-16-5-8-18(9-6-16)22(15(2)3)24-13-21(25)23-12-17-7-10-19-20(11-17)27-14-26-19/h5-11,15,22,24H,4,12-14H2,1-3H3,(H,23,25)/p+1/t22-/m1/s1. The number of aryl methyl sites for hydroxylation is 1. The highest BCUT2D eigenvalue weighted by molar-refractivity contribution is 5.76. The molecule has 3 rings (SSSR count). The SMILES string of the molecule is CCc1ccc([C@H]([NH2+]CC(=O)NCc2ccc3c(c2)OCO3)C(C)C)cc1. The van der Waals surface area contributed by atoms with Crippen molar-refractivity contribution in [3.63, 3.8) is 0 Å². The lowest BCUT2D eigenvalue weighted by molar-refractivity contribution is -0.692. The summed E-state index contributed by atoms with van der Waals surface area (Å²) in [5.41, 5.74) is 3.61. The lowest BCUT2D eigenvalue weighted by atomic mass is 9.95. The highest BCUT2D eigenvalue weighted by Gasteiger charge is 2.20. The zero-order valence-corrected chi connectivity index (χ0v) is 16.3. The van der Waals surface area contributed by atoms with Crippen molar-refractivity contribution in [2.24, 2.45) is 5.92 Å². The van der Waals surface area contributed by atoms with E-state index in [1.54, 1.807) is 0 Å². The first-order chi connectivity index (χ1) is 13.1. The molecule has 3 N–H and O–H groups in total. The Bertz CT molecular complexity index is 772. The van der Waals surface area contributed by atoms with E-state index >= 15 is 0 Å². The molecule has 2 aromatic rings. The molecule has 0 aromatic heterocycles. The van der Waals surface area contributed by atoms with Crippen molar-refractivity contribution in [2.45, 2.75) is 39.8 Å². The van der Waals surface area contributed by atoms with Crippen LogP contribution < -0.4 is 20.1 Å². The highest BCUT2D eigenvalue weighted by Crippen LogP contribution is 2.32. The van der Waals surface area contributed by atoms with E-state index in [1.165, 1.54) is 11.1 Å². The van der Waals surface area contributed by atoms with Gasteiger partial charge in [-0.05, 0) is 29.7 Å². The van der Waals surface area contributed by atoms with Crippen LogP contribution in [0, 0.1) is 5.92 Å². The van der Waals surface area contributed by atoms with E-state index in [1.807, 2.05) is 18.2 Å². The molecule has 1 atom stereocenters. The van der Waals surface area contributed by atoms with Crippen molar-refractivity contribution >= 4 is 5.91 Å². The van der Waals surface area contributed by atoms with Crippen LogP contribution in [0.1, 0.15) is 43.5 Å². The fraction of sp³-hybridized carbons (Fsp3) is 0.409. The van der Waals surface area contributed by atoms with Crippen molar-refractivity contribution < 1.29 is 19.6 Å². The van der Waals surface area contributed by atoms with Gasteiger partial charge >= 0.3 is 0 Å². The van der Waals surface area contributed by atoms with Gasteiger partial charge in [0.15, 0.2) is 18.0 Å². The normalized spacial score (nSPS) is 13.6. The second-order valence-corrected chi connectivity index (χ2v) is 7.27. The van der Waals surface area contributed by atoms with Gasteiger partial charge in [0.1, 0.15) is 6.04 Å². The Morgan fingerprint density at radius 1 is 1.07 bits per heavy atom. The Hall–Kier alpha value is -2.53. The third-order valence-corrected chi connectivity index (χ3v) is 4.97. The molecule has 2 aromatic carbocycles. The van der Waals surface area contributed by atoms with Crippen LogP contribution in [0.2, 0.25) is 0 Å². The third-order valence-electron chi connectivity index (χ3n) is 4.97. The number of ether oxygens (including phenoxy) is 2. The highest BCUT2D eigenvalue weighted by atomic mass is 16.7. The number of benzene rings is 2. The Balaban J connectivity index is 1.51. The molecule has 0 saturated carbocycles. The molecule has 5 heteroatoms. The number of hydrogen-bond acceptors (Lipinski definition) is 3. The topological polar surface area (TPSA) is 64.2 Å². The molecular formula is C22H29N2O3+. The van der Waals surface area contributed by atoms with E-state index in [0.717, 1.165) is 23.5 Å². The maximum absolute atomic E-state index is 12.3. The third kappa shape index (κ3) is 5.01. The van der Waals surface area contributed by atoms with Crippen molar-refractivity contribution in [3.05, 3.63) is 59.2 Å². The number of fused-ring (bicyclic) bond motifs is 1. The number of hydrogen-bond donors (Lipinski definition) is 2. The van der Waals surface area contributed by atoms with Crippen LogP contribution in [-0.4, -0.2) is 19.2 Å². The average molecular weight is 369 g/mol. The van der Waals surface area contributed by atoms with Gasteiger partial charge in [-0.1, -0.05) is 51.1 Å². The van der Waals surface area contributed by atoms with E-state index in [-0.39, 0.29) is 18.7 Å². The van der Waals surface area contributed by atoms with Crippen LogP contribution in [0.4, 0.5) is 0 Å². The molecule has 0 bridgehead atoms. The molecular weight excluding hydrogens is 340 g/mol. The van der Waals surface area contributed by atoms with E-state index in [4.69, 9.17) is 9.47 Å². The number of carbonyl (C=O) groups excluding carboxylic acids is 1. The molecule has 0 aliphatic carbocycles. The van der Waals surface area contributed by atoms with Crippen molar-refractivity contribution in [2.75, 3.05) is 13.3 Å². The number of rotatable bonds is 8. The van der Waals surface area contributed by atoms with Crippen LogP contribution in [0.5, 0.6) is 11.5 Å². The Kier molecular flexibility index (Phi) is 6.35. The summed E-state index contributed by atoms with van der Waals surface area (Å²) in [6.45, 7) is 7.70. The van der Waals surface area contributed by atoms with Crippen LogP contribution in [0.15, 0.2) is 42.5 Å². The van der Waals surface area contributed by atoms with Crippen molar-refractivity contribution in [1.82, 2.24) is 5.32 Å². The number of amides is 1. The summed E-state index contributed by atoms with van der Waals surface area (Å²) in [7, 11) is 0. The van der Waals surface area contributed by atoms with Gasteiger partial charge in [-0.3, -0.25) is 4.79 Å². The van der Waals surface area contributed by atoms with Crippen molar-refractivity contribution in [3.8, 4) is 11.5 Å². The van der Waals surface area contributed by atoms with Crippen LogP contribution >= 0.6 is 0 Å². The summed E-state index contributed by atoms with van der Waals surface area (Å²) in [4.78, 5) is 12.3. The molecule has 0 saturated heterocycles. The van der Waals surface area contributed by atoms with Gasteiger partial charge in [0.25, 0.3) is 5.91 Å². The van der Waals surface area contributed by atoms with Gasteiger partial charge in [-0.25, -0.2) is 0 Å². The lowest BCUT2D eigenvalue weighted by Gasteiger charge is -2.20. The summed E-state index contributed by atoms with van der Waals surface area (Å²) in [5, 5.41) is 5.11. The maximum Gasteiger partial charge on any atom is 0.275 e. The van der Waals surface area contributed by atoms with Crippen LogP contribution in [-0.2, 0) is 17.8 Å². The van der Waals surface area contributed by atoms with E-state index in [2.05, 4.69) is 55.7 Å². The van der Waals surface area contributed by atoms with E-state index in [9.17, 15) is 4.79 Å². The van der Waals surface area contributed by atoms with Crippen LogP contribution in [0.25, 0.3) is 0 Å². The summed E-state index contributed by atoms with van der Waals surface area (Å²) in [5.74, 6) is 1.97. The molecule has 1 aliphatic rings. The average Bonchev–Trinajstić information content (AvgIpc) is 3.14. The minimum atomic E-state index is 0.0310. The molecule has 0 radical (unpaired) electrons. The number of nitrogens with one attached hydrogen (secondary N) is 1. The number of quaternary nitrogens is 1. The maximum atomic E-state index is 12.3. The number of carbonyl (C=O) groups is 1. The molecule has 144 valence electrons. The van der Waals surface area contributed by atoms with Gasteiger partial charge in [0, 0.05) is 18.0 Å². The predicted octanol–water partition coefficient (Wildman–Crippen LogP) is 2.55. The fourth-order valence-electron chi connectivity index (χ4n) is 3.33. The first kappa shape index (κ1) is 19.2. The molecule has 0 unspecified atom stereocenters. The van der Waals surface area contributed by atoms with Gasteiger partial charge < -0.3 is 20.1 Å². The zero-order chi connectivity index (χ0) is 19.2. The molecule has 0 fully saturated rings. The smallest absolute Gasteiger partial charge is 0.275 e. The Morgan fingerprint density at radius 3 is 2.48 bits per heavy atom. The van der Waals surface area contributed by atoms with Gasteiger partial charge in [0.2, 0.25) is 6.79 Å². The minimum Gasteiger partial charge on any atom is -0.454 e. The predicted molar refractivity (Wildman–Crippen MR) is 105 cm³/mol. The first-order valence-electron chi connectivity index (χ1n) is 9.64. The van der Waals surface area contributed by atoms with E-state index < -0.39 is 0 Å². The zero-order valence-electron chi connectivity index (χ0n) is 16.3. The monoisotopic (exact) mass is 369 g/mol. The first-order valence-corrected chi connectivity index (χ1v) is 9.64. The molecule has 27 heavy (non-hydrogen) atoms. The lowest BCUT2D eigenvalue weighted by Crippen LogP contribution is -2.88. The largest absolute Gasteiger partial charge is 0.454 e. The summed E-state index contributed by atoms with van der Waals surface area (Å²) in [6, 6.07) is 14.7. The van der Waals surface area contributed by atoms with Crippen LogP contribution in [0.3, 0.4) is 0 Å². The molecule has 5 nitrogen and oxygen atoms in total. The molecule has 1 aliphatic heterocycles. The number of nitrogens with two attached hydrogens (primary N) is 1. The summed E-state index contributed by atoms with van der Waals surface area (Å²) in [6.07, 6.45) is 1.04. The minimum absolute atomic E-state index is 0.0310. The van der Waals surface area contributed by atoms with Gasteiger partial charge in [0.05, 0.1) is 0 Å². The quantitative estimate of drug-likeness (QED) is 0.752. The Labute approximate surface area is 161 Å². The van der Waals surface area contributed by atoms with E-state index in [0.29, 0.717) is 19.0 Å². The second-order valence-electron chi connectivity index (χ2n) is 7.27. The Morgan fingerprint density at radius 2 is 1.78 bits per heavy atom. The van der Waals surface area contributed by atoms with Gasteiger partial charge in [-0.15, -0.1) is 0 Å². The summed E-state index contributed by atoms with van der Waals surface area (Å²) >= 11 is 0. The summed E-state index contributed by atoms with van der Waals surface area (Å²) < 4.78 is 10.7. The van der Waals surface area contributed by atoms with Gasteiger partial charge in [-0.2, -0.15) is 0 Å². The molecule has 0 spiro atoms.